The van der Waals surface area contributed by atoms with Gasteiger partial charge in [-0.15, -0.1) is 0 Å². The molecule has 88 valence electrons. The highest BCUT2D eigenvalue weighted by Gasteiger charge is 2.14. The number of carbonyl (C=O) groups is 1. The lowest BCUT2D eigenvalue weighted by Crippen LogP contribution is -2.08. The molecule has 0 atom stereocenters. The number of ether oxygens (including phenoxy) is 1. The molecule has 6 heteroatoms. The van der Waals surface area contributed by atoms with Gasteiger partial charge in [0.05, 0.1) is 6.42 Å². The monoisotopic (exact) mass is 234 g/mol. The van der Waals surface area contributed by atoms with Crippen LogP contribution in [-0.2, 0) is 11.2 Å². The van der Waals surface area contributed by atoms with Gasteiger partial charge in [-0.25, -0.2) is 4.39 Å². The van der Waals surface area contributed by atoms with Crippen molar-refractivity contribution in [2.24, 2.45) is 0 Å². The fraction of sp³-hybridized carbons (Fsp3) is 0.300. The van der Waals surface area contributed by atoms with Crippen LogP contribution in [0.3, 0.4) is 0 Å². The molecule has 0 unspecified atom stereocenters. The summed E-state index contributed by atoms with van der Waals surface area (Å²) in [5.41, 5.74) is 0.000638. The van der Waals surface area contributed by atoms with Crippen molar-refractivity contribution in [3.63, 3.8) is 0 Å². The highest BCUT2D eigenvalue weighted by molar-refractivity contribution is 5.71. The summed E-state index contributed by atoms with van der Waals surface area (Å²) in [6.07, 6.45) is -0.570. The molecule has 0 fully saturated rings. The van der Waals surface area contributed by atoms with Crippen LogP contribution in [0.25, 0.3) is 0 Å². The van der Waals surface area contributed by atoms with E-state index in [0.29, 0.717) is 0 Å². The molecule has 1 aromatic rings. The summed E-state index contributed by atoms with van der Waals surface area (Å²) < 4.78 is 41.2. The summed E-state index contributed by atoms with van der Waals surface area (Å²) in [4.78, 5) is 10.4. The second-order valence-electron chi connectivity index (χ2n) is 3.16. The number of rotatable bonds is 4. The zero-order valence-corrected chi connectivity index (χ0v) is 8.34. The van der Waals surface area contributed by atoms with Crippen LogP contribution in [0.4, 0.5) is 13.2 Å². The minimum Gasteiger partial charge on any atom is -0.481 e. The third-order valence-corrected chi connectivity index (χ3v) is 1.90. The molecular formula is C10H9F3O3. The number of hydrogen-bond donors (Lipinski definition) is 1. The largest absolute Gasteiger partial charge is 0.481 e. The van der Waals surface area contributed by atoms with Gasteiger partial charge >= 0.3 is 12.6 Å². The second-order valence-corrected chi connectivity index (χ2v) is 3.16. The number of aliphatic carboxylic acids is 1. The Labute approximate surface area is 89.5 Å². The zero-order chi connectivity index (χ0) is 12.3. The van der Waals surface area contributed by atoms with Gasteiger partial charge in [0, 0.05) is 5.56 Å². The SMILES string of the molecule is Cc1cc(OC(F)F)c(CC(=O)O)cc1F. The van der Waals surface area contributed by atoms with E-state index in [4.69, 9.17) is 5.11 Å². The maximum absolute atomic E-state index is 13.1. The summed E-state index contributed by atoms with van der Waals surface area (Å²) in [6, 6.07) is 1.95. The Hall–Kier alpha value is -1.72. The molecule has 0 aromatic heterocycles. The topological polar surface area (TPSA) is 46.5 Å². The molecule has 3 nitrogen and oxygen atoms in total. The van der Waals surface area contributed by atoms with E-state index in [-0.39, 0.29) is 16.9 Å². The Morgan fingerprint density at radius 1 is 1.50 bits per heavy atom. The van der Waals surface area contributed by atoms with Gasteiger partial charge in [-0.05, 0) is 24.6 Å². The van der Waals surface area contributed by atoms with Crippen LogP contribution in [-0.4, -0.2) is 17.7 Å². The molecule has 1 aromatic carbocycles. The highest BCUT2D eigenvalue weighted by atomic mass is 19.3. The highest BCUT2D eigenvalue weighted by Crippen LogP contribution is 2.25. The smallest absolute Gasteiger partial charge is 0.387 e. The molecule has 0 amide bonds. The Bertz CT molecular complexity index is 405. The average Bonchev–Trinajstić information content (AvgIpc) is 2.11. The molecule has 0 spiro atoms. The Balaban J connectivity index is 3.11. The average molecular weight is 234 g/mol. The van der Waals surface area contributed by atoms with Crippen LogP contribution in [0, 0.1) is 12.7 Å². The van der Waals surface area contributed by atoms with E-state index in [2.05, 4.69) is 4.74 Å². The normalized spacial score (nSPS) is 10.6. The first-order valence-corrected chi connectivity index (χ1v) is 4.35. The van der Waals surface area contributed by atoms with Crippen molar-refractivity contribution in [1.82, 2.24) is 0 Å². The summed E-state index contributed by atoms with van der Waals surface area (Å²) in [6.45, 7) is -1.70. The molecule has 0 aliphatic heterocycles. The summed E-state index contributed by atoms with van der Waals surface area (Å²) in [7, 11) is 0. The lowest BCUT2D eigenvalue weighted by Gasteiger charge is -2.10. The van der Waals surface area contributed by atoms with Crippen LogP contribution < -0.4 is 4.74 Å². The van der Waals surface area contributed by atoms with E-state index in [1.54, 1.807) is 0 Å². The van der Waals surface area contributed by atoms with Crippen LogP contribution >= 0.6 is 0 Å². The van der Waals surface area contributed by atoms with Crippen molar-refractivity contribution in [2.45, 2.75) is 20.0 Å². The van der Waals surface area contributed by atoms with Gasteiger partial charge in [-0.3, -0.25) is 4.79 Å². The number of aryl methyl sites for hydroxylation is 1. The van der Waals surface area contributed by atoms with Crippen molar-refractivity contribution < 1.29 is 27.8 Å². The first-order valence-electron chi connectivity index (χ1n) is 4.35. The van der Waals surface area contributed by atoms with Gasteiger partial charge in [-0.2, -0.15) is 8.78 Å². The molecule has 0 radical (unpaired) electrons. The van der Waals surface area contributed by atoms with Crippen LogP contribution in [0.2, 0.25) is 0 Å². The first-order chi connectivity index (χ1) is 7.40. The maximum Gasteiger partial charge on any atom is 0.387 e. The molecule has 16 heavy (non-hydrogen) atoms. The quantitative estimate of drug-likeness (QED) is 0.869. The first kappa shape index (κ1) is 12.4. The zero-order valence-electron chi connectivity index (χ0n) is 8.34. The van der Waals surface area contributed by atoms with Gasteiger partial charge in [0.15, 0.2) is 0 Å². The minimum absolute atomic E-state index is 0.115. The number of benzene rings is 1. The predicted octanol–water partition coefficient (Wildman–Crippen LogP) is 2.36. The van der Waals surface area contributed by atoms with Crippen LogP contribution in [0.5, 0.6) is 5.75 Å². The number of alkyl halides is 2. The number of carboxylic acid groups (broad SMARTS) is 1. The number of halogens is 3. The summed E-state index contributed by atoms with van der Waals surface area (Å²) >= 11 is 0. The van der Waals surface area contributed by atoms with Crippen LogP contribution in [0.15, 0.2) is 12.1 Å². The van der Waals surface area contributed by atoms with E-state index in [9.17, 15) is 18.0 Å². The number of hydrogen-bond acceptors (Lipinski definition) is 2. The van der Waals surface area contributed by atoms with E-state index in [0.717, 1.165) is 12.1 Å². The van der Waals surface area contributed by atoms with E-state index in [1.165, 1.54) is 6.92 Å². The Kier molecular flexibility index (Phi) is 3.76. The molecule has 0 aliphatic carbocycles. The van der Waals surface area contributed by atoms with Crippen molar-refractivity contribution in [3.05, 3.63) is 29.1 Å². The Morgan fingerprint density at radius 2 is 2.12 bits per heavy atom. The van der Waals surface area contributed by atoms with Crippen molar-refractivity contribution in [1.29, 1.82) is 0 Å². The van der Waals surface area contributed by atoms with Crippen molar-refractivity contribution in [3.8, 4) is 5.75 Å². The van der Waals surface area contributed by atoms with Gasteiger partial charge < -0.3 is 9.84 Å². The Morgan fingerprint density at radius 3 is 2.62 bits per heavy atom. The number of carboxylic acids is 1. The molecule has 0 bridgehead atoms. The lowest BCUT2D eigenvalue weighted by atomic mass is 10.1. The predicted molar refractivity (Wildman–Crippen MR) is 49.1 cm³/mol. The molecule has 1 N–H and O–H groups in total. The standard InChI is InChI=1S/C10H9F3O3/c1-5-2-8(16-10(12)13)6(3-7(5)11)4-9(14)15/h2-3,10H,4H2,1H3,(H,14,15). The summed E-state index contributed by atoms with van der Waals surface area (Å²) in [5.74, 6) is -2.21. The van der Waals surface area contributed by atoms with Crippen LogP contribution in [0.1, 0.15) is 11.1 Å². The third kappa shape index (κ3) is 3.15. The minimum atomic E-state index is -3.07. The fourth-order valence-corrected chi connectivity index (χ4v) is 1.20. The summed E-state index contributed by atoms with van der Waals surface area (Å²) in [5, 5.41) is 8.52. The molecule has 0 heterocycles. The maximum atomic E-state index is 13.1. The van der Waals surface area contributed by atoms with E-state index >= 15 is 0 Å². The van der Waals surface area contributed by atoms with Crippen molar-refractivity contribution in [2.75, 3.05) is 0 Å². The third-order valence-electron chi connectivity index (χ3n) is 1.90. The van der Waals surface area contributed by atoms with Crippen molar-refractivity contribution >= 4 is 5.97 Å². The van der Waals surface area contributed by atoms with E-state index < -0.39 is 24.8 Å². The van der Waals surface area contributed by atoms with Gasteiger partial charge in [0.2, 0.25) is 0 Å². The molecule has 1 rings (SSSR count). The molecule has 0 saturated heterocycles. The van der Waals surface area contributed by atoms with Gasteiger partial charge in [0.1, 0.15) is 11.6 Å². The van der Waals surface area contributed by atoms with Gasteiger partial charge in [-0.1, -0.05) is 0 Å². The molecule has 0 saturated carbocycles. The van der Waals surface area contributed by atoms with Gasteiger partial charge in [0.25, 0.3) is 0 Å². The fourth-order valence-electron chi connectivity index (χ4n) is 1.20. The lowest BCUT2D eigenvalue weighted by molar-refractivity contribution is -0.136. The molecule has 0 aliphatic rings. The van der Waals surface area contributed by atoms with E-state index in [1.807, 2.05) is 0 Å². The second kappa shape index (κ2) is 4.87. The molecular weight excluding hydrogens is 225 g/mol.